The fourth-order valence-electron chi connectivity index (χ4n) is 3.11. The van der Waals surface area contributed by atoms with Crippen LogP contribution in [0.3, 0.4) is 0 Å². The number of carbonyl (C=O) groups excluding carboxylic acids is 1. The van der Waals surface area contributed by atoms with Gasteiger partial charge in [0.15, 0.2) is 5.78 Å². The second kappa shape index (κ2) is 11.6. The van der Waals surface area contributed by atoms with Crippen LogP contribution in [0.1, 0.15) is 47.1 Å². The largest absolute Gasteiger partial charge is 0.491 e. The Kier molecular flexibility index (Phi) is 10.8. The van der Waals surface area contributed by atoms with Gasteiger partial charge in [0.05, 0.1) is 6.61 Å². The second-order valence-electron chi connectivity index (χ2n) is 6.34. The van der Waals surface area contributed by atoms with Crippen molar-refractivity contribution in [1.29, 1.82) is 0 Å². The molecular weight excluding hydrogens is 312 g/mol. The van der Waals surface area contributed by atoms with Crippen LogP contribution in [0.5, 0.6) is 5.75 Å². The average molecular weight is 347 g/mol. The van der Waals surface area contributed by atoms with Crippen LogP contribution in [-0.2, 0) is 4.79 Å². The van der Waals surface area contributed by atoms with Crippen molar-refractivity contribution >= 4 is 11.9 Å². The van der Waals surface area contributed by atoms with Crippen LogP contribution < -0.4 is 4.74 Å². The quantitative estimate of drug-likeness (QED) is 0.592. The zero-order chi connectivity index (χ0) is 16.7. The third kappa shape index (κ3) is 7.70. The fourth-order valence-corrected chi connectivity index (χ4v) is 3.11. The summed E-state index contributed by atoms with van der Waals surface area (Å²) < 4.78 is 5.19. The van der Waals surface area contributed by atoms with Crippen molar-refractivity contribution in [2.24, 2.45) is 17.8 Å². The molecule has 3 unspecified atom stereocenters. The maximum atomic E-state index is 10.7. The fraction of sp³-hybridized carbons (Fsp3) is 0.500. The highest BCUT2D eigenvalue weighted by Crippen LogP contribution is 2.42. The van der Waals surface area contributed by atoms with Gasteiger partial charge in [0.25, 0.3) is 0 Å². The Balaban J connectivity index is 0.000000487. The van der Waals surface area contributed by atoms with Crippen molar-refractivity contribution in [3.63, 3.8) is 0 Å². The van der Waals surface area contributed by atoms with E-state index >= 15 is 0 Å². The Labute approximate surface area is 153 Å². The van der Waals surface area contributed by atoms with Gasteiger partial charge in [-0.25, -0.2) is 0 Å². The highest BCUT2D eigenvalue weighted by Gasteiger charge is 2.32. The van der Waals surface area contributed by atoms with Gasteiger partial charge in [-0.1, -0.05) is 52.1 Å². The summed E-state index contributed by atoms with van der Waals surface area (Å²) in [5.41, 5.74) is 0.946. The smallest absolute Gasteiger partial charge is 0.152 e. The summed E-state index contributed by atoms with van der Waals surface area (Å²) in [6.07, 6.45) is 11.0. The van der Waals surface area contributed by atoms with E-state index in [1.54, 1.807) is 18.2 Å². The van der Waals surface area contributed by atoms with Crippen LogP contribution in [-0.4, -0.2) is 24.1 Å². The zero-order valence-corrected chi connectivity index (χ0v) is 13.9. The third-order valence-electron chi connectivity index (χ3n) is 4.36. The molecule has 0 spiro atoms. The number of aliphatic hydroxyl groups is 1. The lowest BCUT2D eigenvalue weighted by Gasteiger charge is -2.09. The normalized spacial score (nSPS) is 22.6. The van der Waals surface area contributed by atoms with Gasteiger partial charge in [-0.05, 0) is 61.3 Å². The highest BCUT2D eigenvalue weighted by molar-refractivity contribution is 5.91. The maximum Gasteiger partial charge on any atom is 0.152 e. The van der Waals surface area contributed by atoms with Gasteiger partial charge in [0.2, 0.25) is 0 Å². The number of benzene rings is 1. The Hall–Kier alpha value is -1.87. The van der Waals surface area contributed by atoms with Gasteiger partial charge in [-0.3, -0.25) is 4.79 Å². The standard InChI is InChI=1S/C12H14O3.C8H12.2CH4/c1-10(14)2-3-11-4-6-12(7-5-11)15-9-8-13;1-6-4-7-2-3-8(6)5-7;;/h2-7,13H,8-9H2,1H3;2-3,6-8H,4-5H2,1H3;2*1H4/b3-2+;;;. The van der Waals surface area contributed by atoms with E-state index in [-0.39, 0.29) is 27.2 Å². The summed E-state index contributed by atoms with van der Waals surface area (Å²) in [4.78, 5) is 10.7. The van der Waals surface area contributed by atoms with Gasteiger partial charge in [-0.15, -0.1) is 0 Å². The molecule has 1 aromatic carbocycles. The Morgan fingerprint density at radius 3 is 2.28 bits per heavy atom. The first-order valence-corrected chi connectivity index (χ1v) is 8.29. The minimum atomic E-state index is 0. The predicted octanol–water partition coefficient (Wildman–Crippen LogP) is 5.15. The number of ether oxygens (including phenoxy) is 1. The minimum Gasteiger partial charge on any atom is -0.491 e. The molecule has 3 atom stereocenters. The molecule has 0 heterocycles. The SMILES string of the molecule is C.C.CC(=O)/C=C/c1ccc(OCCO)cc1.CC1CC2C=CC1C2. The highest BCUT2D eigenvalue weighted by atomic mass is 16.5. The van der Waals surface area contributed by atoms with Gasteiger partial charge in [0.1, 0.15) is 12.4 Å². The number of hydrogen-bond acceptors (Lipinski definition) is 3. The molecule has 1 N–H and O–H groups in total. The van der Waals surface area contributed by atoms with E-state index in [1.165, 1.54) is 25.8 Å². The molecule has 2 aliphatic rings. The molecule has 2 aliphatic carbocycles. The van der Waals surface area contributed by atoms with Crippen molar-refractivity contribution in [3.8, 4) is 5.75 Å². The van der Waals surface area contributed by atoms with Gasteiger partial charge >= 0.3 is 0 Å². The van der Waals surface area contributed by atoms with E-state index in [2.05, 4.69) is 19.1 Å². The van der Waals surface area contributed by atoms with Crippen LogP contribution in [0, 0.1) is 17.8 Å². The van der Waals surface area contributed by atoms with Crippen LogP contribution in [0.25, 0.3) is 6.08 Å². The van der Waals surface area contributed by atoms with Crippen LogP contribution in [0.2, 0.25) is 0 Å². The van der Waals surface area contributed by atoms with Crippen LogP contribution in [0.15, 0.2) is 42.5 Å². The number of ketones is 1. The molecule has 3 rings (SSSR count). The topological polar surface area (TPSA) is 46.5 Å². The molecule has 0 aromatic heterocycles. The summed E-state index contributed by atoms with van der Waals surface area (Å²) in [7, 11) is 0. The van der Waals surface area contributed by atoms with E-state index in [0.717, 1.165) is 23.3 Å². The summed E-state index contributed by atoms with van der Waals surface area (Å²) in [5.74, 6) is 3.65. The van der Waals surface area contributed by atoms with Gasteiger partial charge in [-0.2, -0.15) is 0 Å². The first-order chi connectivity index (χ1) is 11.1. The number of fused-ring (bicyclic) bond motifs is 2. The molecule has 1 saturated carbocycles. The first-order valence-electron chi connectivity index (χ1n) is 8.29. The molecule has 0 aliphatic heterocycles. The Bertz CT molecular complexity index is 557. The lowest BCUT2D eigenvalue weighted by atomic mass is 9.96. The Morgan fingerprint density at radius 2 is 1.88 bits per heavy atom. The molecule has 1 aromatic rings. The zero-order valence-electron chi connectivity index (χ0n) is 13.9. The van der Waals surface area contributed by atoms with Crippen molar-refractivity contribution in [1.82, 2.24) is 0 Å². The van der Waals surface area contributed by atoms with E-state index in [9.17, 15) is 4.79 Å². The first kappa shape index (κ1) is 23.1. The third-order valence-corrected chi connectivity index (χ3v) is 4.36. The molecular formula is C22H34O3. The molecule has 25 heavy (non-hydrogen) atoms. The van der Waals surface area contributed by atoms with Crippen LogP contribution in [0.4, 0.5) is 0 Å². The number of allylic oxidation sites excluding steroid dienone is 3. The second-order valence-corrected chi connectivity index (χ2v) is 6.34. The molecule has 0 radical (unpaired) electrons. The number of carbonyl (C=O) groups is 1. The maximum absolute atomic E-state index is 10.7. The number of aliphatic hydroxyl groups excluding tert-OH is 1. The van der Waals surface area contributed by atoms with E-state index in [1.807, 2.05) is 12.1 Å². The predicted molar refractivity (Wildman–Crippen MR) is 107 cm³/mol. The van der Waals surface area contributed by atoms with Crippen molar-refractivity contribution < 1.29 is 14.6 Å². The van der Waals surface area contributed by atoms with Crippen molar-refractivity contribution in [3.05, 3.63) is 48.1 Å². The minimum absolute atomic E-state index is 0. The molecule has 0 amide bonds. The molecule has 3 nitrogen and oxygen atoms in total. The van der Waals surface area contributed by atoms with Crippen LogP contribution >= 0.6 is 0 Å². The lowest BCUT2D eigenvalue weighted by molar-refractivity contribution is -0.112. The summed E-state index contributed by atoms with van der Waals surface area (Å²) in [6, 6.07) is 7.31. The van der Waals surface area contributed by atoms with E-state index < -0.39 is 0 Å². The summed E-state index contributed by atoms with van der Waals surface area (Å²) >= 11 is 0. The van der Waals surface area contributed by atoms with Crippen molar-refractivity contribution in [2.45, 2.75) is 41.5 Å². The van der Waals surface area contributed by atoms with Crippen molar-refractivity contribution in [2.75, 3.05) is 13.2 Å². The Morgan fingerprint density at radius 1 is 1.20 bits per heavy atom. The van der Waals surface area contributed by atoms with E-state index in [0.29, 0.717) is 12.4 Å². The molecule has 140 valence electrons. The number of rotatable bonds is 5. The number of hydrogen-bond donors (Lipinski definition) is 1. The molecule has 2 bridgehead atoms. The summed E-state index contributed by atoms with van der Waals surface area (Å²) in [6.45, 7) is 4.18. The molecule has 0 saturated heterocycles. The van der Waals surface area contributed by atoms with E-state index in [4.69, 9.17) is 9.84 Å². The van der Waals surface area contributed by atoms with Gasteiger partial charge in [0, 0.05) is 0 Å². The lowest BCUT2D eigenvalue weighted by Crippen LogP contribution is -2.01. The average Bonchev–Trinajstić information content (AvgIpc) is 3.14. The summed E-state index contributed by atoms with van der Waals surface area (Å²) in [5, 5.41) is 8.55. The monoisotopic (exact) mass is 346 g/mol. The molecule has 1 fully saturated rings. The van der Waals surface area contributed by atoms with Gasteiger partial charge < -0.3 is 9.84 Å². The molecule has 3 heteroatoms.